The highest BCUT2D eigenvalue weighted by Crippen LogP contribution is 2.31. The molecular weight excluding hydrogens is 374 g/mol. The predicted molar refractivity (Wildman–Crippen MR) is 98.3 cm³/mol. The zero-order chi connectivity index (χ0) is 18.6. The van der Waals surface area contributed by atoms with E-state index >= 15 is 0 Å². The lowest BCUT2D eigenvalue weighted by Crippen LogP contribution is -2.31. The molecule has 0 aliphatic carbocycles. The van der Waals surface area contributed by atoms with E-state index in [1.54, 1.807) is 61.0 Å². The van der Waals surface area contributed by atoms with Crippen LogP contribution in [0.1, 0.15) is 21.4 Å². The standard InChI is InChI=1S/C18H17NO5S2/c1-23-14-8-6-13(7-9-14)18(20)19-12-16(15-4-2-10-24-15)26(21,22)17-5-3-11-25-17/h2-11,16H,12H2,1H3,(H,19,20)/t16-/m0/s1. The van der Waals surface area contributed by atoms with E-state index in [-0.39, 0.29) is 22.4 Å². The maximum absolute atomic E-state index is 12.9. The summed E-state index contributed by atoms with van der Waals surface area (Å²) in [6.07, 6.45) is 1.41. The molecule has 0 bridgehead atoms. The van der Waals surface area contributed by atoms with Gasteiger partial charge in [-0.2, -0.15) is 0 Å². The Balaban J connectivity index is 1.79. The zero-order valence-electron chi connectivity index (χ0n) is 13.9. The molecule has 3 rings (SSSR count). The molecule has 0 radical (unpaired) electrons. The van der Waals surface area contributed by atoms with Crippen molar-refractivity contribution >= 4 is 27.1 Å². The van der Waals surface area contributed by atoms with Gasteiger partial charge in [0.2, 0.25) is 0 Å². The van der Waals surface area contributed by atoms with Gasteiger partial charge >= 0.3 is 0 Å². The molecule has 1 atom stereocenters. The number of methoxy groups -OCH3 is 1. The molecule has 0 spiro atoms. The maximum Gasteiger partial charge on any atom is 0.251 e. The van der Waals surface area contributed by atoms with Gasteiger partial charge in [0.1, 0.15) is 21.0 Å². The van der Waals surface area contributed by atoms with Gasteiger partial charge in [0.05, 0.1) is 13.4 Å². The van der Waals surface area contributed by atoms with E-state index in [2.05, 4.69) is 5.32 Å². The number of rotatable bonds is 7. The van der Waals surface area contributed by atoms with Crippen LogP contribution in [0.5, 0.6) is 5.75 Å². The van der Waals surface area contributed by atoms with E-state index in [1.165, 1.54) is 6.26 Å². The summed E-state index contributed by atoms with van der Waals surface area (Å²) in [5, 5.41) is 3.37. The first kappa shape index (κ1) is 18.2. The molecule has 0 fully saturated rings. The summed E-state index contributed by atoms with van der Waals surface area (Å²) in [6, 6.07) is 13.0. The fraction of sp³-hybridized carbons (Fsp3) is 0.167. The molecular formula is C18H17NO5S2. The van der Waals surface area contributed by atoms with E-state index in [1.807, 2.05) is 0 Å². The Kier molecular flexibility index (Phi) is 5.43. The van der Waals surface area contributed by atoms with Crippen LogP contribution in [-0.4, -0.2) is 28.0 Å². The minimum atomic E-state index is -3.68. The fourth-order valence-corrected chi connectivity index (χ4v) is 5.22. The molecule has 1 amide bonds. The number of furan rings is 1. The third-order valence-electron chi connectivity index (χ3n) is 3.81. The summed E-state index contributed by atoms with van der Waals surface area (Å²) >= 11 is 1.13. The first-order valence-electron chi connectivity index (χ1n) is 7.75. The van der Waals surface area contributed by atoms with E-state index in [0.29, 0.717) is 11.3 Å². The van der Waals surface area contributed by atoms with Gasteiger partial charge in [-0.3, -0.25) is 4.79 Å². The van der Waals surface area contributed by atoms with Crippen LogP contribution in [0.2, 0.25) is 0 Å². The second kappa shape index (κ2) is 7.76. The van der Waals surface area contributed by atoms with E-state index in [4.69, 9.17) is 9.15 Å². The summed E-state index contributed by atoms with van der Waals surface area (Å²) in [5.74, 6) is 0.550. The Bertz CT molecular complexity index is 946. The summed E-state index contributed by atoms with van der Waals surface area (Å²) in [7, 11) is -2.14. The first-order chi connectivity index (χ1) is 12.5. The molecule has 8 heteroatoms. The lowest BCUT2D eigenvalue weighted by molar-refractivity contribution is 0.0953. The molecule has 0 aliphatic heterocycles. The quantitative estimate of drug-likeness (QED) is 0.668. The van der Waals surface area contributed by atoms with Crippen molar-refractivity contribution in [3.63, 3.8) is 0 Å². The number of hydrogen-bond donors (Lipinski definition) is 1. The van der Waals surface area contributed by atoms with Crippen molar-refractivity contribution in [2.24, 2.45) is 0 Å². The van der Waals surface area contributed by atoms with Crippen LogP contribution in [0, 0.1) is 0 Å². The smallest absolute Gasteiger partial charge is 0.251 e. The average Bonchev–Trinajstić information content (AvgIpc) is 3.36. The van der Waals surface area contributed by atoms with Crippen LogP contribution in [-0.2, 0) is 9.84 Å². The number of amides is 1. The molecule has 0 saturated heterocycles. The monoisotopic (exact) mass is 391 g/mol. The van der Waals surface area contributed by atoms with Crippen molar-refractivity contribution in [3.05, 3.63) is 71.5 Å². The molecule has 0 saturated carbocycles. The normalized spacial score (nSPS) is 12.5. The van der Waals surface area contributed by atoms with Crippen molar-refractivity contribution in [2.75, 3.05) is 13.7 Å². The van der Waals surface area contributed by atoms with Gasteiger partial charge in [-0.25, -0.2) is 8.42 Å². The number of nitrogens with one attached hydrogen (secondary N) is 1. The number of thiophene rings is 1. The van der Waals surface area contributed by atoms with Gasteiger partial charge in [0.15, 0.2) is 9.84 Å². The second-order valence-electron chi connectivity index (χ2n) is 5.42. The number of benzene rings is 1. The molecule has 3 aromatic rings. The van der Waals surface area contributed by atoms with Gasteiger partial charge in [0, 0.05) is 12.1 Å². The van der Waals surface area contributed by atoms with Crippen LogP contribution < -0.4 is 10.1 Å². The van der Waals surface area contributed by atoms with Crippen LogP contribution >= 0.6 is 11.3 Å². The van der Waals surface area contributed by atoms with Crippen molar-refractivity contribution in [3.8, 4) is 5.75 Å². The van der Waals surface area contributed by atoms with Crippen LogP contribution in [0.25, 0.3) is 0 Å². The summed E-state index contributed by atoms with van der Waals surface area (Å²) in [6.45, 7) is -0.0986. The molecule has 6 nitrogen and oxygen atoms in total. The maximum atomic E-state index is 12.9. The second-order valence-corrected chi connectivity index (χ2v) is 8.72. The summed E-state index contributed by atoms with van der Waals surface area (Å²) in [5.41, 5.74) is 0.414. The average molecular weight is 391 g/mol. The Hall–Kier alpha value is -2.58. The van der Waals surface area contributed by atoms with Crippen LogP contribution in [0.3, 0.4) is 0 Å². The van der Waals surface area contributed by atoms with Gasteiger partial charge < -0.3 is 14.5 Å². The predicted octanol–water partition coefficient (Wildman–Crippen LogP) is 3.29. The molecule has 2 aromatic heterocycles. The van der Waals surface area contributed by atoms with Crippen LogP contribution in [0.4, 0.5) is 0 Å². The largest absolute Gasteiger partial charge is 0.497 e. The number of ether oxygens (including phenoxy) is 1. The Morgan fingerprint density at radius 2 is 1.96 bits per heavy atom. The minimum Gasteiger partial charge on any atom is -0.497 e. The van der Waals surface area contributed by atoms with E-state index in [0.717, 1.165) is 11.3 Å². The number of hydrogen-bond acceptors (Lipinski definition) is 6. The molecule has 2 heterocycles. The Labute approximate surface area is 155 Å². The van der Waals surface area contributed by atoms with E-state index < -0.39 is 15.1 Å². The first-order valence-corrected chi connectivity index (χ1v) is 10.2. The highest BCUT2D eigenvalue weighted by molar-refractivity contribution is 7.93. The Morgan fingerprint density at radius 1 is 1.19 bits per heavy atom. The topological polar surface area (TPSA) is 85.6 Å². The molecule has 0 unspecified atom stereocenters. The molecule has 0 aliphatic rings. The number of carbonyl (C=O) groups excluding carboxylic acids is 1. The van der Waals surface area contributed by atoms with Crippen LogP contribution in [0.15, 0.2) is 68.8 Å². The van der Waals surface area contributed by atoms with Crippen molar-refractivity contribution in [1.29, 1.82) is 0 Å². The molecule has 1 aromatic carbocycles. The van der Waals surface area contributed by atoms with Crippen molar-refractivity contribution < 1.29 is 22.4 Å². The summed E-state index contributed by atoms with van der Waals surface area (Å²) in [4.78, 5) is 12.4. The zero-order valence-corrected chi connectivity index (χ0v) is 15.5. The highest BCUT2D eigenvalue weighted by Gasteiger charge is 2.32. The third-order valence-corrected chi connectivity index (χ3v) is 7.30. The van der Waals surface area contributed by atoms with Gasteiger partial charge in [-0.1, -0.05) is 6.07 Å². The van der Waals surface area contributed by atoms with Crippen molar-refractivity contribution in [1.82, 2.24) is 5.32 Å². The fourth-order valence-electron chi connectivity index (χ4n) is 2.43. The van der Waals surface area contributed by atoms with Gasteiger partial charge in [-0.05, 0) is 47.8 Å². The van der Waals surface area contributed by atoms with Gasteiger partial charge in [0.25, 0.3) is 5.91 Å². The van der Waals surface area contributed by atoms with Crippen molar-refractivity contribution in [2.45, 2.75) is 9.46 Å². The molecule has 136 valence electrons. The molecule has 26 heavy (non-hydrogen) atoms. The van der Waals surface area contributed by atoms with Gasteiger partial charge in [-0.15, -0.1) is 11.3 Å². The minimum absolute atomic E-state index is 0.0986. The van der Waals surface area contributed by atoms with E-state index in [9.17, 15) is 13.2 Å². The Morgan fingerprint density at radius 3 is 2.54 bits per heavy atom. The SMILES string of the molecule is COc1ccc(C(=O)NC[C@@H](c2ccco2)S(=O)(=O)c2cccs2)cc1. The summed E-state index contributed by atoms with van der Waals surface area (Å²) < 4.78 is 36.4. The lowest BCUT2D eigenvalue weighted by atomic mass is 10.2. The number of carbonyl (C=O) groups is 1. The number of sulfone groups is 1. The highest BCUT2D eigenvalue weighted by atomic mass is 32.2. The molecule has 1 N–H and O–H groups in total. The lowest BCUT2D eigenvalue weighted by Gasteiger charge is -2.15. The third kappa shape index (κ3) is 3.81.